The van der Waals surface area contributed by atoms with E-state index in [1.807, 2.05) is 35.2 Å². The van der Waals surface area contributed by atoms with Gasteiger partial charge in [0.1, 0.15) is 11.3 Å². The van der Waals surface area contributed by atoms with Gasteiger partial charge in [-0.2, -0.15) is 18.3 Å². The molecule has 2 unspecified atom stereocenters. The normalized spacial score (nSPS) is 19.7. The molecule has 12 heteroatoms. The number of carboxylic acids is 1. The van der Waals surface area contributed by atoms with Gasteiger partial charge >= 0.3 is 12.1 Å². The summed E-state index contributed by atoms with van der Waals surface area (Å²) in [5.74, 6) is -0.355. The maximum absolute atomic E-state index is 14.0. The molecule has 1 saturated heterocycles. The molecule has 4 heterocycles. The second-order valence-electron chi connectivity index (χ2n) is 12.4. The van der Waals surface area contributed by atoms with Crippen LogP contribution in [-0.4, -0.2) is 49.7 Å². The topological polar surface area (TPSA) is 110 Å². The van der Waals surface area contributed by atoms with Crippen LogP contribution in [0.25, 0.3) is 5.82 Å². The predicted octanol–water partition coefficient (Wildman–Crippen LogP) is 6.95. The predicted molar refractivity (Wildman–Crippen MR) is 167 cm³/mol. The minimum atomic E-state index is -4.97. The fourth-order valence-electron chi connectivity index (χ4n) is 6.84. The van der Waals surface area contributed by atoms with Crippen molar-refractivity contribution in [3.8, 4) is 11.6 Å². The SMILES string of the molecule is CCc1cc(NC2c3ccccc3OC2c2cccc(-n3ncc(C(=O)O)c3C(F)(F)F)n2)ccc1C1CCN(C(=O)C2CC2)CC1. The number of halogens is 3. The van der Waals surface area contributed by atoms with Gasteiger partial charge in [0.25, 0.3) is 0 Å². The monoisotopic (exact) mass is 645 g/mol. The molecule has 0 spiro atoms. The molecule has 0 bridgehead atoms. The highest BCUT2D eigenvalue weighted by atomic mass is 19.4. The molecule has 47 heavy (non-hydrogen) atoms. The maximum atomic E-state index is 14.0. The highest BCUT2D eigenvalue weighted by molar-refractivity contribution is 5.89. The average molecular weight is 646 g/mol. The van der Waals surface area contributed by atoms with E-state index in [0.717, 1.165) is 56.4 Å². The van der Waals surface area contributed by atoms with Crippen LogP contribution in [0, 0.1) is 5.92 Å². The number of amides is 1. The number of alkyl halides is 3. The van der Waals surface area contributed by atoms with E-state index < -0.39 is 35.5 Å². The molecule has 2 aromatic heterocycles. The number of nitrogens with zero attached hydrogens (tertiary/aromatic N) is 4. The number of aryl methyl sites for hydroxylation is 1. The lowest BCUT2D eigenvalue weighted by Gasteiger charge is -2.33. The number of rotatable bonds is 8. The Hall–Kier alpha value is -4.87. The summed E-state index contributed by atoms with van der Waals surface area (Å²) in [5, 5.41) is 16.7. The number of piperidine rings is 1. The fourth-order valence-corrected chi connectivity index (χ4v) is 6.84. The first-order valence-corrected chi connectivity index (χ1v) is 15.9. The number of aromatic nitrogens is 3. The van der Waals surface area contributed by atoms with E-state index >= 15 is 0 Å². The van der Waals surface area contributed by atoms with Gasteiger partial charge in [0.05, 0.1) is 17.9 Å². The summed E-state index contributed by atoms with van der Waals surface area (Å²) in [4.78, 5) is 30.6. The summed E-state index contributed by atoms with van der Waals surface area (Å²) >= 11 is 0. The number of carboxylic acid groups (broad SMARTS) is 1. The fraction of sp³-hybridized carbons (Fsp3) is 0.371. The summed E-state index contributed by atoms with van der Waals surface area (Å²) in [6.07, 6.45) is -0.252. The Morgan fingerprint density at radius 1 is 1.00 bits per heavy atom. The first-order chi connectivity index (χ1) is 22.6. The third-order valence-corrected chi connectivity index (χ3v) is 9.36. The number of aromatic carboxylic acids is 1. The van der Waals surface area contributed by atoms with Crippen molar-refractivity contribution < 1.29 is 32.6 Å². The lowest BCUT2D eigenvalue weighted by molar-refractivity contribution is -0.143. The van der Waals surface area contributed by atoms with Crippen molar-refractivity contribution >= 4 is 17.6 Å². The van der Waals surface area contributed by atoms with Gasteiger partial charge < -0.3 is 20.1 Å². The molecule has 7 rings (SSSR count). The summed E-state index contributed by atoms with van der Waals surface area (Å²) in [7, 11) is 0. The maximum Gasteiger partial charge on any atom is 0.434 e. The molecular formula is C35H34F3N5O4. The Balaban J connectivity index is 1.16. The Morgan fingerprint density at radius 3 is 2.47 bits per heavy atom. The van der Waals surface area contributed by atoms with E-state index in [4.69, 9.17) is 4.74 Å². The van der Waals surface area contributed by atoms with Crippen LogP contribution in [0.2, 0.25) is 0 Å². The minimum Gasteiger partial charge on any atom is -0.481 e. The number of para-hydroxylation sites is 1. The molecule has 2 aromatic carbocycles. The quantitative estimate of drug-likeness (QED) is 0.214. The number of carbonyl (C=O) groups is 2. The summed E-state index contributed by atoms with van der Waals surface area (Å²) in [5.41, 5.74) is 2.26. The Labute approximate surface area is 269 Å². The van der Waals surface area contributed by atoms with Crippen molar-refractivity contribution in [2.45, 2.75) is 63.3 Å². The van der Waals surface area contributed by atoms with Gasteiger partial charge in [-0.1, -0.05) is 37.3 Å². The molecule has 1 saturated carbocycles. The number of hydrogen-bond acceptors (Lipinski definition) is 6. The van der Waals surface area contributed by atoms with Crippen LogP contribution in [0.15, 0.2) is 66.9 Å². The smallest absolute Gasteiger partial charge is 0.434 e. The van der Waals surface area contributed by atoms with Crippen LogP contribution in [-0.2, 0) is 17.4 Å². The third kappa shape index (κ3) is 5.92. The average Bonchev–Trinajstić information content (AvgIpc) is 3.71. The van der Waals surface area contributed by atoms with Gasteiger partial charge in [-0.15, -0.1) is 0 Å². The lowest BCUT2D eigenvalue weighted by atomic mass is 9.85. The second kappa shape index (κ2) is 12.1. The van der Waals surface area contributed by atoms with Crippen molar-refractivity contribution in [2.24, 2.45) is 5.92 Å². The Kier molecular flexibility index (Phi) is 7.89. The molecule has 2 fully saturated rings. The van der Waals surface area contributed by atoms with Gasteiger partial charge in [0.15, 0.2) is 17.6 Å². The largest absolute Gasteiger partial charge is 0.481 e. The Bertz CT molecular complexity index is 1830. The number of ether oxygens (including phenoxy) is 1. The molecule has 2 N–H and O–H groups in total. The van der Waals surface area contributed by atoms with Crippen LogP contribution in [0.4, 0.5) is 18.9 Å². The zero-order valence-corrected chi connectivity index (χ0v) is 25.7. The first kappa shape index (κ1) is 30.8. The van der Waals surface area contributed by atoms with Gasteiger partial charge in [0.2, 0.25) is 5.91 Å². The van der Waals surface area contributed by atoms with Crippen LogP contribution < -0.4 is 10.1 Å². The highest BCUT2D eigenvalue weighted by Crippen LogP contribution is 2.46. The van der Waals surface area contributed by atoms with Crippen molar-refractivity contribution in [3.63, 3.8) is 0 Å². The second-order valence-corrected chi connectivity index (χ2v) is 12.4. The molecule has 2 aliphatic heterocycles. The number of hydrogen-bond donors (Lipinski definition) is 2. The van der Waals surface area contributed by atoms with Gasteiger partial charge in [-0.25, -0.2) is 14.5 Å². The number of benzene rings is 2. The van der Waals surface area contributed by atoms with Gasteiger partial charge in [-0.05, 0) is 79.5 Å². The molecular weight excluding hydrogens is 611 g/mol. The standard InChI is InChI=1S/C35H34F3N5O4/c1-2-20-18-23(12-13-24(20)21-14-16-42(17-15-21)33(44)22-10-11-22)40-30-25-6-3-4-8-28(25)47-31(30)27-7-5-9-29(41-27)43-32(35(36,37)38)26(19-39-43)34(45)46/h3-9,12-13,18-19,21-22,30-31,40H,2,10-11,14-17H2,1H3,(H,45,46). The van der Waals surface area contributed by atoms with Crippen molar-refractivity contribution in [2.75, 3.05) is 18.4 Å². The van der Waals surface area contributed by atoms with Crippen molar-refractivity contribution in [1.29, 1.82) is 0 Å². The van der Waals surface area contributed by atoms with E-state index in [1.54, 1.807) is 12.1 Å². The molecule has 244 valence electrons. The van der Waals surface area contributed by atoms with Gasteiger partial charge in [-0.3, -0.25) is 4.79 Å². The van der Waals surface area contributed by atoms with Gasteiger partial charge in [0, 0.05) is 30.3 Å². The molecule has 4 aromatic rings. The summed E-state index contributed by atoms with van der Waals surface area (Å²) in [6.45, 7) is 3.70. The molecule has 3 aliphatic rings. The number of fused-ring (bicyclic) bond motifs is 1. The van der Waals surface area contributed by atoms with E-state index in [0.29, 0.717) is 34.1 Å². The zero-order chi connectivity index (χ0) is 32.9. The van der Waals surface area contributed by atoms with Crippen LogP contribution in [0.1, 0.15) is 89.1 Å². The van der Waals surface area contributed by atoms with Crippen molar-refractivity contribution in [3.05, 3.63) is 101 Å². The minimum absolute atomic E-state index is 0.178. The molecule has 1 amide bonds. The van der Waals surface area contributed by atoms with Crippen LogP contribution >= 0.6 is 0 Å². The highest BCUT2D eigenvalue weighted by Gasteiger charge is 2.42. The number of likely N-dealkylation sites (tertiary alicyclic amines) is 1. The first-order valence-electron chi connectivity index (χ1n) is 15.9. The van der Waals surface area contributed by atoms with Crippen LogP contribution in [0.5, 0.6) is 5.75 Å². The molecule has 9 nitrogen and oxygen atoms in total. The Morgan fingerprint density at radius 2 is 1.77 bits per heavy atom. The van der Waals surface area contributed by atoms with E-state index in [1.165, 1.54) is 17.2 Å². The molecule has 0 radical (unpaired) electrons. The third-order valence-electron chi connectivity index (χ3n) is 9.36. The molecule has 1 aliphatic carbocycles. The summed E-state index contributed by atoms with van der Waals surface area (Å²) in [6, 6.07) is 18.0. The van der Waals surface area contributed by atoms with Crippen LogP contribution in [0.3, 0.4) is 0 Å². The van der Waals surface area contributed by atoms with E-state index in [9.17, 15) is 27.9 Å². The number of pyridine rings is 1. The van der Waals surface area contributed by atoms with Crippen molar-refractivity contribution in [1.82, 2.24) is 19.7 Å². The van der Waals surface area contributed by atoms with E-state index in [-0.39, 0.29) is 11.7 Å². The zero-order valence-electron chi connectivity index (χ0n) is 25.7. The lowest BCUT2D eigenvalue weighted by Crippen LogP contribution is -2.38. The number of anilines is 1. The molecule has 2 atom stereocenters. The summed E-state index contributed by atoms with van der Waals surface area (Å²) < 4.78 is 48.7. The number of nitrogens with one attached hydrogen (secondary N) is 1. The van der Waals surface area contributed by atoms with E-state index in [2.05, 4.69) is 34.5 Å². The number of carbonyl (C=O) groups excluding carboxylic acids is 1.